The Labute approximate surface area is 114 Å². The second-order valence-corrected chi connectivity index (χ2v) is 5.21. The van der Waals surface area contributed by atoms with Crippen LogP contribution in [-0.2, 0) is 0 Å². The van der Waals surface area contributed by atoms with Crippen LogP contribution in [0.2, 0.25) is 0 Å². The Morgan fingerprint density at radius 2 is 2.06 bits per heavy atom. The summed E-state index contributed by atoms with van der Waals surface area (Å²) in [6, 6.07) is 0. The summed E-state index contributed by atoms with van der Waals surface area (Å²) in [5.74, 6) is 0.697. The first-order chi connectivity index (χ1) is 8.13. The highest BCUT2D eigenvalue weighted by Crippen LogP contribution is 2.18. The van der Waals surface area contributed by atoms with E-state index in [2.05, 4.69) is 39.6 Å². The van der Waals surface area contributed by atoms with E-state index in [9.17, 15) is 4.79 Å². The van der Waals surface area contributed by atoms with Crippen LogP contribution in [0.4, 0.5) is 0 Å². The molecular formula is C11H16IN3O2. The minimum atomic E-state index is -0.0120. The lowest BCUT2D eigenvalue weighted by molar-refractivity contribution is 0.0632. The average molecular weight is 349 g/mol. The Kier molecular flexibility index (Phi) is 4.03. The van der Waals surface area contributed by atoms with E-state index in [4.69, 9.17) is 4.52 Å². The van der Waals surface area contributed by atoms with Crippen molar-refractivity contribution in [1.29, 1.82) is 0 Å². The van der Waals surface area contributed by atoms with E-state index in [-0.39, 0.29) is 5.91 Å². The van der Waals surface area contributed by atoms with E-state index in [0.717, 1.165) is 36.3 Å². The molecule has 2 rings (SSSR count). The van der Waals surface area contributed by atoms with Gasteiger partial charge in [-0.1, -0.05) is 12.1 Å². The van der Waals surface area contributed by atoms with Crippen molar-refractivity contribution in [1.82, 2.24) is 15.0 Å². The third-order valence-electron chi connectivity index (χ3n) is 3.10. The van der Waals surface area contributed by atoms with Crippen molar-refractivity contribution in [2.24, 2.45) is 0 Å². The first kappa shape index (κ1) is 12.8. The molecule has 1 aliphatic heterocycles. The van der Waals surface area contributed by atoms with Crippen LogP contribution in [0.5, 0.6) is 0 Å². The van der Waals surface area contributed by atoms with Gasteiger partial charge in [-0.3, -0.25) is 4.79 Å². The summed E-state index contributed by atoms with van der Waals surface area (Å²) in [5.41, 5.74) is 0.452. The number of aryl methyl sites for hydroxylation is 1. The Balaban J connectivity index is 2.04. The lowest BCUT2D eigenvalue weighted by Gasteiger charge is -2.33. The fraction of sp³-hybridized carbons (Fsp3) is 0.636. The number of aromatic nitrogens is 1. The second-order valence-electron chi connectivity index (χ2n) is 4.13. The zero-order valence-electron chi connectivity index (χ0n) is 10.1. The second kappa shape index (κ2) is 5.34. The molecule has 17 heavy (non-hydrogen) atoms. The van der Waals surface area contributed by atoms with Crippen molar-refractivity contribution in [3.05, 3.63) is 15.0 Å². The van der Waals surface area contributed by atoms with Gasteiger partial charge in [-0.05, 0) is 36.1 Å². The minimum absolute atomic E-state index is 0.0120. The summed E-state index contributed by atoms with van der Waals surface area (Å²) in [6.07, 6.45) is 0. The number of halogens is 1. The van der Waals surface area contributed by atoms with Crippen LogP contribution in [0.25, 0.3) is 0 Å². The molecule has 0 unspecified atom stereocenters. The highest BCUT2D eigenvalue weighted by atomic mass is 127. The highest BCUT2D eigenvalue weighted by molar-refractivity contribution is 14.1. The molecule has 5 nitrogen and oxygen atoms in total. The maximum Gasteiger partial charge on any atom is 0.277 e. The summed E-state index contributed by atoms with van der Waals surface area (Å²) in [7, 11) is 0. The topological polar surface area (TPSA) is 49.6 Å². The fourth-order valence-corrected chi connectivity index (χ4v) is 2.34. The molecule has 1 saturated heterocycles. The predicted molar refractivity (Wildman–Crippen MR) is 72.0 cm³/mol. The zero-order valence-corrected chi connectivity index (χ0v) is 12.2. The van der Waals surface area contributed by atoms with Gasteiger partial charge in [-0.15, -0.1) is 0 Å². The number of carbonyl (C=O) groups excluding carboxylic acids is 1. The van der Waals surface area contributed by atoms with E-state index in [1.807, 2.05) is 11.8 Å². The lowest BCUT2D eigenvalue weighted by Crippen LogP contribution is -2.48. The van der Waals surface area contributed by atoms with E-state index in [0.29, 0.717) is 11.5 Å². The summed E-state index contributed by atoms with van der Waals surface area (Å²) in [5, 5.41) is 3.84. The van der Waals surface area contributed by atoms with Crippen LogP contribution in [0.3, 0.4) is 0 Å². The molecular weight excluding hydrogens is 333 g/mol. The molecule has 1 aromatic heterocycles. The van der Waals surface area contributed by atoms with Gasteiger partial charge in [-0.2, -0.15) is 0 Å². The number of nitrogens with zero attached hydrogens (tertiary/aromatic N) is 3. The number of hydrogen-bond acceptors (Lipinski definition) is 4. The zero-order chi connectivity index (χ0) is 12.4. The molecule has 6 heteroatoms. The van der Waals surface area contributed by atoms with Crippen molar-refractivity contribution >= 4 is 28.5 Å². The molecule has 0 spiro atoms. The lowest BCUT2D eigenvalue weighted by atomic mass is 10.2. The molecule has 0 atom stereocenters. The Morgan fingerprint density at radius 3 is 2.53 bits per heavy atom. The fourth-order valence-electron chi connectivity index (χ4n) is 1.91. The molecule has 1 aliphatic rings. The largest absolute Gasteiger partial charge is 0.360 e. The van der Waals surface area contributed by atoms with Crippen LogP contribution in [0.1, 0.15) is 23.2 Å². The third kappa shape index (κ3) is 2.62. The number of rotatable bonds is 2. The Hall–Kier alpha value is -0.630. The molecule has 0 aliphatic carbocycles. The van der Waals surface area contributed by atoms with Crippen molar-refractivity contribution < 1.29 is 9.32 Å². The summed E-state index contributed by atoms with van der Waals surface area (Å²) >= 11 is 2.11. The van der Waals surface area contributed by atoms with Gasteiger partial charge in [0, 0.05) is 26.2 Å². The number of hydrogen-bond donors (Lipinski definition) is 0. The molecule has 0 N–H and O–H groups in total. The Morgan fingerprint density at radius 1 is 1.41 bits per heavy atom. The first-order valence-electron chi connectivity index (χ1n) is 5.77. The van der Waals surface area contributed by atoms with Gasteiger partial charge >= 0.3 is 0 Å². The quantitative estimate of drug-likeness (QED) is 0.757. The van der Waals surface area contributed by atoms with Crippen molar-refractivity contribution in [2.75, 3.05) is 32.7 Å². The number of piperazine rings is 1. The Bertz CT molecular complexity index is 411. The third-order valence-corrected chi connectivity index (χ3v) is 4.37. The normalized spacial score (nSPS) is 17.5. The molecule has 0 bridgehead atoms. The van der Waals surface area contributed by atoms with E-state index < -0.39 is 0 Å². The predicted octanol–water partition coefficient (Wildman–Crippen LogP) is 1.37. The summed E-state index contributed by atoms with van der Waals surface area (Å²) in [6.45, 7) is 8.43. The van der Waals surface area contributed by atoms with Gasteiger partial charge in [0.25, 0.3) is 5.91 Å². The summed E-state index contributed by atoms with van der Waals surface area (Å²) in [4.78, 5) is 16.4. The average Bonchev–Trinajstić information content (AvgIpc) is 2.69. The first-order valence-corrected chi connectivity index (χ1v) is 6.84. The van der Waals surface area contributed by atoms with Gasteiger partial charge < -0.3 is 14.3 Å². The molecule has 2 heterocycles. The SMILES string of the molecule is CCN1CCN(C(=O)c2noc(C)c2I)CC1. The molecule has 0 saturated carbocycles. The van der Waals surface area contributed by atoms with Gasteiger partial charge in [0.15, 0.2) is 5.69 Å². The van der Waals surface area contributed by atoms with Gasteiger partial charge in [-0.25, -0.2) is 0 Å². The molecule has 1 aromatic rings. The van der Waals surface area contributed by atoms with Crippen molar-refractivity contribution in [3.63, 3.8) is 0 Å². The highest BCUT2D eigenvalue weighted by Gasteiger charge is 2.26. The molecule has 1 amide bonds. The standard InChI is InChI=1S/C11H16IN3O2/c1-3-14-4-6-15(7-5-14)11(16)10-9(12)8(2)17-13-10/h3-7H2,1-2H3. The number of amides is 1. The number of carbonyl (C=O) groups is 1. The van der Waals surface area contributed by atoms with Crippen LogP contribution in [-0.4, -0.2) is 53.6 Å². The van der Waals surface area contributed by atoms with Gasteiger partial charge in [0.2, 0.25) is 0 Å². The van der Waals surface area contributed by atoms with E-state index >= 15 is 0 Å². The maximum atomic E-state index is 12.2. The van der Waals surface area contributed by atoms with Gasteiger partial charge in [0.1, 0.15) is 5.76 Å². The van der Waals surface area contributed by atoms with Crippen molar-refractivity contribution in [2.45, 2.75) is 13.8 Å². The summed E-state index contributed by atoms with van der Waals surface area (Å²) < 4.78 is 5.86. The molecule has 94 valence electrons. The van der Waals surface area contributed by atoms with E-state index in [1.165, 1.54) is 0 Å². The molecule has 0 aromatic carbocycles. The van der Waals surface area contributed by atoms with Gasteiger partial charge in [0.05, 0.1) is 3.57 Å². The van der Waals surface area contributed by atoms with Crippen LogP contribution < -0.4 is 0 Å². The smallest absolute Gasteiger partial charge is 0.277 e. The number of likely N-dealkylation sites (N-methyl/N-ethyl adjacent to an activating group) is 1. The maximum absolute atomic E-state index is 12.2. The monoisotopic (exact) mass is 349 g/mol. The van der Waals surface area contributed by atoms with Crippen LogP contribution >= 0.6 is 22.6 Å². The van der Waals surface area contributed by atoms with Crippen molar-refractivity contribution in [3.8, 4) is 0 Å². The van der Waals surface area contributed by atoms with Crippen LogP contribution in [0, 0.1) is 10.5 Å². The molecule has 1 fully saturated rings. The van der Waals surface area contributed by atoms with E-state index in [1.54, 1.807) is 0 Å². The minimum Gasteiger partial charge on any atom is -0.360 e. The van der Waals surface area contributed by atoms with Crippen LogP contribution in [0.15, 0.2) is 4.52 Å². The molecule has 0 radical (unpaired) electrons.